The van der Waals surface area contributed by atoms with Crippen LogP contribution >= 0.6 is 0 Å². The average Bonchev–Trinajstić information content (AvgIpc) is 2.56. The molecule has 1 unspecified atom stereocenters. The van der Waals surface area contributed by atoms with Crippen LogP contribution in [0, 0.1) is 0 Å². The third kappa shape index (κ3) is 4.99. The highest BCUT2D eigenvalue weighted by Gasteiger charge is 2.41. The smallest absolute Gasteiger partial charge is 0.471 e. The highest BCUT2D eigenvalue weighted by atomic mass is 19.4. The Bertz CT molecular complexity index is 824. The minimum Gasteiger partial charge on any atom is -0.503 e. The lowest BCUT2D eigenvalue weighted by Crippen LogP contribution is -2.31. The van der Waals surface area contributed by atoms with E-state index in [0.717, 1.165) is 5.32 Å². The number of halogens is 6. The van der Waals surface area contributed by atoms with E-state index in [-0.39, 0.29) is 0 Å². The Morgan fingerprint density at radius 3 is 2.19 bits per heavy atom. The summed E-state index contributed by atoms with van der Waals surface area (Å²) in [5.74, 6) is -6.00. The zero-order valence-electron chi connectivity index (χ0n) is 13.5. The highest BCUT2D eigenvalue weighted by Crippen LogP contribution is 2.39. The number of aromatic hydroxyl groups is 1. The van der Waals surface area contributed by atoms with Crippen molar-refractivity contribution in [2.45, 2.75) is 25.3 Å². The van der Waals surface area contributed by atoms with Gasteiger partial charge in [-0.2, -0.15) is 31.3 Å². The predicted molar refractivity (Wildman–Crippen MR) is 81.9 cm³/mol. The molecule has 1 aromatic heterocycles. The number of carbonyl (C=O) groups excluding carboxylic acids is 1. The molecule has 3 N–H and O–H groups in total. The first kappa shape index (κ1) is 20.3. The average molecular weight is 394 g/mol. The topological polar surface area (TPSA) is 87.1 Å². The van der Waals surface area contributed by atoms with Gasteiger partial charge >= 0.3 is 18.3 Å². The predicted octanol–water partition coefficient (Wildman–Crippen LogP) is 3.87. The van der Waals surface area contributed by atoms with E-state index in [9.17, 15) is 36.2 Å². The fourth-order valence-corrected chi connectivity index (χ4v) is 2.01. The molecule has 1 atom stereocenters. The van der Waals surface area contributed by atoms with Gasteiger partial charge in [0.2, 0.25) is 5.95 Å². The molecule has 0 saturated carbocycles. The molecule has 0 radical (unpaired) electrons. The van der Waals surface area contributed by atoms with Crippen LogP contribution in [0.1, 0.15) is 24.2 Å². The molecule has 0 spiro atoms. The van der Waals surface area contributed by atoms with Gasteiger partial charge in [0.15, 0.2) is 17.3 Å². The minimum absolute atomic E-state index is 0.602. The van der Waals surface area contributed by atoms with Crippen molar-refractivity contribution in [2.75, 3.05) is 10.6 Å². The Kier molecular flexibility index (Phi) is 5.47. The van der Waals surface area contributed by atoms with Gasteiger partial charge in [-0.3, -0.25) is 10.1 Å². The summed E-state index contributed by atoms with van der Waals surface area (Å²) in [7, 11) is 0. The summed E-state index contributed by atoms with van der Waals surface area (Å²) in [6.07, 6.45) is -10.6. The van der Waals surface area contributed by atoms with Gasteiger partial charge in [-0.1, -0.05) is 30.3 Å². The van der Waals surface area contributed by atoms with Gasteiger partial charge in [0, 0.05) is 0 Å². The molecule has 0 aliphatic carbocycles. The number of alkyl halides is 6. The van der Waals surface area contributed by atoms with Crippen LogP contribution in [-0.2, 0) is 11.0 Å². The molecule has 0 aliphatic rings. The number of hydrogen-bond donors (Lipinski definition) is 3. The van der Waals surface area contributed by atoms with Crippen LogP contribution in [0.4, 0.5) is 38.1 Å². The van der Waals surface area contributed by atoms with Crippen molar-refractivity contribution in [3.05, 3.63) is 41.6 Å². The maximum atomic E-state index is 13.0. The first-order valence-corrected chi connectivity index (χ1v) is 7.27. The molecule has 0 bridgehead atoms. The van der Waals surface area contributed by atoms with E-state index in [1.54, 1.807) is 30.3 Å². The van der Waals surface area contributed by atoms with Crippen molar-refractivity contribution in [3.63, 3.8) is 0 Å². The van der Waals surface area contributed by atoms with Crippen molar-refractivity contribution in [1.29, 1.82) is 0 Å². The van der Waals surface area contributed by atoms with E-state index < -0.39 is 47.5 Å². The first-order valence-electron chi connectivity index (χ1n) is 7.27. The lowest BCUT2D eigenvalue weighted by molar-refractivity contribution is -0.167. The lowest BCUT2D eigenvalue weighted by Gasteiger charge is -2.18. The van der Waals surface area contributed by atoms with Crippen LogP contribution in [0.2, 0.25) is 0 Å². The lowest BCUT2D eigenvalue weighted by atomic mass is 10.1. The van der Waals surface area contributed by atoms with Gasteiger partial charge in [-0.25, -0.2) is 4.98 Å². The molecule has 27 heavy (non-hydrogen) atoms. The number of hydrogen-bond acceptors (Lipinski definition) is 5. The molecule has 2 aromatic rings. The van der Waals surface area contributed by atoms with Gasteiger partial charge < -0.3 is 10.4 Å². The second kappa shape index (κ2) is 7.29. The van der Waals surface area contributed by atoms with Crippen LogP contribution in [0.15, 0.2) is 30.3 Å². The normalized spacial score (nSPS) is 13.1. The van der Waals surface area contributed by atoms with E-state index in [1.165, 1.54) is 6.92 Å². The van der Waals surface area contributed by atoms with Gasteiger partial charge in [-0.15, -0.1) is 0 Å². The maximum absolute atomic E-state index is 13.0. The van der Waals surface area contributed by atoms with E-state index in [2.05, 4.69) is 15.3 Å². The minimum atomic E-state index is -5.36. The largest absolute Gasteiger partial charge is 0.503 e. The molecular formula is C15H12F6N4O2. The number of benzene rings is 1. The number of nitrogens with one attached hydrogen (secondary N) is 2. The number of rotatable bonds is 4. The maximum Gasteiger partial charge on any atom is 0.471 e. The number of carbonyl (C=O) groups is 1. The molecule has 1 aromatic carbocycles. The molecule has 0 fully saturated rings. The second-order valence-corrected chi connectivity index (χ2v) is 5.32. The fraction of sp³-hybridized carbons (Fsp3) is 0.267. The highest BCUT2D eigenvalue weighted by molar-refractivity contribution is 5.93. The zero-order valence-corrected chi connectivity index (χ0v) is 13.5. The summed E-state index contributed by atoms with van der Waals surface area (Å²) >= 11 is 0. The van der Waals surface area contributed by atoms with Crippen LogP contribution < -0.4 is 10.6 Å². The standard InChI is InChI=1S/C15H12F6N4O2/c1-7(8-5-3-2-4-6-8)22-11-9(26)10(14(16,17)18)23-13(24-11)25-12(27)15(19,20)21/h2-7,26H,1H3,(H2,22,23,24,25,27). The van der Waals surface area contributed by atoms with Crippen LogP contribution in [-0.4, -0.2) is 27.2 Å². The summed E-state index contributed by atoms with van der Waals surface area (Å²) in [5, 5.41) is 13.4. The van der Waals surface area contributed by atoms with Crippen molar-refractivity contribution < 1.29 is 36.2 Å². The molecule has 1 heterocycles. The number of amides is 1. The summed E-state index contributed by atoms with van der Waals surface area (Å²) in [6, 6.07) is 7.61. The summed E-state index contributed by atoms with van der Waals surface area (Å²) < 4.78 is 76.1. The van der Waals surface area contributed by atoms with Crippen molar-refractivity contribution >= 4 is 17.7 Å². The molecule has 12 heteroatoms. The second-order valence-electron chi connectivity index (χ2n) is 5.32. The third-order valence-electron chi connectivity index (χ3n) is 3.29. The molecular weight excluding hydrogens is 382 g/mol. The molecule has 1 amide bonds. The summed E-state index contributed by atoms with van der Waals surface area (Å²) in [4.78, 5) is 17.1. The Labute approximate surface area is 148 Å². The zero-order chi connectivity index (χ0) is 20.4. The van der Waals surface area contributed by atoms with Crippen LogP contribution in [0.5, 0.6) is 5.75 Å². The van der Waals surface area contributed by atoms with E-state index >= 15 is 0 Å². The molecule has 6 nitrogen and oxygen atoms in total. The Hall–Kier alpha value is -3.05. The third-order valence-corrected chi connectivity index (χ3v) is 3.29. The van der Waals surface area contributed by atoms with Gasteiger partial charge in [0.25, 0.3) is 0 Å². The van der Waals surface area contributed by atoms with Gasteiger partial charge in [0.05, 0.1) is 6.04 Å². The molecule has 0 aliphatic heterocycles. The van der Waals surface area contributed by atoms with E-state index in [0.29, 0.717) is 5.56 Å². The van der Waals surface area contributed by atoms with E-state index in [1.807, 2.05) is 0 Å². The SMILES string of the molecule is CC(Nc1nc(NC(=O)C(F)(F)F)nc(C(F)(F)F)c1O)c1ccccc1. The quantitative estimate of drug-likeness (QED) is 0.686. The molecule has 146 valence electrons. The van der Waals surface area contributed by atoms with Gasteiger partial charge in [-0.05, 0) is 12.5 Å². The molecule has 0 saturated heterocycles. The Morgan fingerprint density at radius 1 is 1.07 bits per heavy atom. The van der Waals surface area contributed by atoms with Gasteiger partial charge in [0.1, 0.15) is 0 Å². The summed E-state index contributed by atoms with van der Waals surface area (Å²) in [6.45, 7) is 1.53. The molecule has 2 rings (SSSR count). The number of aromatic nitrogens is 2. The number of anilines is 2. The van der Waals surface area contributed by atoms with Crippen LogP contribution in [0.25, 0.3) is 0 Å². The first-order chi connectivity index (χ1) is 12.4. The van der Waals surface area contributed by atoms with Crippen molar-refractivity contribution in [3.8, 4) is 5.75 Å². The Balaban J connectivity index is 2.43. The Morgan fingerprint density at radius 2 is 1.67 bits per heavy atom. The summed E-state index contributed by atoms with van der Waals surface area (Å²) in [5.41, 5.74) is -1.29. The van der Waals surface area contributed by atoms with Crippen LogP contribution in [0.3, 0.4) is 0 Å². The fourth-order valence-electron chi connectivity index (χ4n) is 2.01. The number of nitrogens with zero attached hydrogens (tertiary/aromatic N) is 2. The van der Waals surface area contributed by atoms with E-state index in [4.69, 9.17) is 0 Å². The van der Waals surface area contributed by atoms with Crippen molar-refractivity contribution in [2.24, 2.45) is 0 Å². The van der Waals surface area contributed by atoms with Crippen molar-refractivity contribution in [1.82, 2.24) is 9.97 Å². The monoisotopic (exact) mass is 394 g/mol.